The van der Waals surface area contributed by atoms with Gasteiger partial charge in [0.25, 0.3) is 0 Å². The molecule has 0 spiro atoms. The van der Waals surface area contributed by atoms with E-state index in [1.165, 1.54) is 0 Å². The molecule has 76 valence electrons. The van der Waals surface area contributed by atoms with Crippen LogP contribution in [0.5, 0.6) is 0 Å². The van der Waals surface area contributed by atoms with Crippen LogP contribution in [0.4, 0.5) is 0 Å². The molecule has 1 aliphatic carbocycles. The number of rotatable bonds is 2. The van der Waals surface area contributed by atoms with Crippen LogP contribution in [0.15, 0.2) is 10.5 Å². The molecule has 0 fully saturated rings. The summed E-state index contributed by atoms with van der Waals surface area (Å²) in [6.45, 7) is 2.30. The predicted octanol–water partition coefficient (Wildman–Crippen LogP) is 1.75. The second-order valence-corrected chi connectivity index (χ2v) is 4.03. The number of fused-ring (bicyclic) bond motifs is 1. The van der Waals surface area contributed by atoms with Crippen molar-refractivity contribution in [3.05, 3.63) is 23.2 Å². The average Bonchev–Trinajstić information content (AvgIpc) is 2.61. The summed E-state index contributed by atoms with van der Waals surface area (Å²) in [5, 5.41) is 9.09. The zero-order valence-corrected chi connectivity index (χ0v) is 8.19. The molecule has 0 bridgehead atoms. The Labute approximate surface area is 82.7 Å². The van der Waals surface area contributed by atoms with Crippen molar-refractivity contribution in [1.29, 1.82) is 0 Å². The number of aliphatic hydroxyl groups is 1. The molecule has 0 saturated carbocycles. The molecular weight excluding hydrogens is 180 g/mol. The van der Waals surface area contributed by atoms with Crippen LogP contribution < -0.4 is 0 Å². The minimum atomic E-state index is 0.195. The minimum Gasteiger partial charge on any atom is -0.458 e. The first-order chi connectivity index (χ1) is 6.74. The third-order valence-corrected chi connectivity index (χ3v) is 2.93. The van der Waals surface area contributed by atoms with Crippen LogP contribution in [0.3, 0.4) is 0 Å². The maximum atomic E-state index is 10.5. The number of hydrogen-bond acceptors (Lipinski definition) is 3. The van der Waals surface area contributed by atoms with E-state index in [9.17, 15) is 4.79 Å². The van der Waals surface area contributed by atoms with E-state index in [1.54, 1.807) is 0 Å². The van der Waals surface area contributed by atoms with Crippen LogP contribution in [-0.2, 0) is 6.42 Å². The molecule has 1 aliphatic rings. The highest BCUT2D eigenvalue weighted by Crippen LogP contribution is 2.35. The Kier molecular flexibility index (Phi) is 2.42. The fourth-order valence-corrected chi connectivity index (χ4v) is 2.21. The molecule has 0 radical (unpaired) electrons. The third kappa shape index (κ3) is 1.48. The summed E-state index contributed by atoms with van der Waals surface area (Å²) in [6.07, 6.45) is 2.46. The van der Waals surface area contributed by atoms with E-state index in [0.29, 0.717) is 11.7 Å². The molecule has 0 saturated heterocycles. The minimum absolute atomic E-state index is 0.195. The van der Waals surface area contributed by atoms with Gasteiger partial charge in [0.1, 0.15) is 5.76 Å². The van der Waals surface area contributed by atoms with Gasteiger partial charge in [-0.2, -0.15) is 0 Å². The molecule has 2 rings (SSSR count). The van der Waals surface area contributed by atoms with Gasteiger partial charge in [-0.3, -0.25) is 4.79 Å². The Hall–Kier alpha value is -1.09. The summed E-state index contributed by atoms with van der Waals surface area (Å²) >= 11 is 0. The van der Waals surface area contributed by atoms with Gasteiger partial charge in [-0.1, -0.05) is 6.92 Å². The zero-order chi connectivity index (χ0) is 10.1. The molecule has 1 N–H and O–H groups in total. The van der Waals surface area contributed by atoms with Gasteiger partial charge in [0, 0.05) is 13.0 Å². The molecule has 1 aromatic rings. The van der Waals surface area contributed by atoms with Crippen LogP contribution in [-0.4, -0.2) is 18.0 Å². The lowest BCUT2D eigenvalue weighted by Gasteiger charge is -2.24. The van der Waals surface area contributed by atoms with Crippen molar-refractivity contribution in [2.24, 2.45) is 5.92 Å². The maximum Gasteiger partial charge on any atom is 0.185 e. The smallest absolute Gasteiger partial charge is 0.185 e. The van der Waals surface area contributed by atoms with Gasteiger partial charge < -0.3 is 9.52 Å². The Morgan fingerprint density at radius 2 is 2.50 bits per heavy atom. The fraction of sp³-hybridized carbons (Fsp3) is 0.545. The van der Waals surface area contributed by atoms with Gasteiger partial charge in [0.15, 0.2) is 12.0 Å². The van der Waals surface area contributed by atoms with Gasteiger partial charge in [-0.25, -0.2) is 0 Å². The molecule has 0 amide bonds. The van der Waals surface area contributed by atoms with Crippen LogP contribution in [0.1, 0.15) is 41.1 Å². The number of aldehydes is 1. The molecule has 14 heavy (non-hydrogen) atoms. The second kappa shape index (κ2) is 3.58. The van der Waals surface area contributed by atoms with Gasteiger partial charge in [-0.15, -0.1) is 0 Å². The van der Waals surface area contributed by atoms with Crippen molar-refractivity contribution in [2.45, 2.75) is 25.7 Å². The lowest BCUT2D eigenvalue weighted by Crippen LogP contribution is -2.18. The fourth-order valence-electron chi connectivity index (χ4n) is 2.21. The number of carbonyl (C=O) groups excluding carboxylic acids is 1. The van der Waals surface area contributed by atoms with Gasteiger partial charge in [0.05, 0.1) is 0 Å². The van der Waals surface area contributed by atoms with Gasteiger partial charge in [0.2, 0.25) is 0 Å². The highest BCUT2D eigenvalue weighted by molar-refractivity contribution is 5.71. The SMILES string of the molecule is CC1CC(CO)Cc2oc(C=O)cc21. The molecule has 0 aromatic carbocycles. The first-order valence-electron chi connectivity index (χ1n) is 4.93. The molecule has 2 unspecified atom stereocenters. The first kappa shape index (κ1) is 9.46. The van der Waals surface area contributed by atoms with E-state index in [4.69, 9.17) is 9.52 Å². The summed E-state index contributed by atoms with van der Waals surface area (Å²) in [5.41, 5.74) is 1.14. The van der Waals surface area contributed by atoms with E-state index >= 15 is 0 Å². The van der Waals surface area contributed by atoms with E-state index < -0.39 is 0 Å². The molecule has 3 heteroatoms. The molecule has 3 nitrogen and oxygen atoms in total. The Balaban J connectivity index is 2.32. The summed E-state index contributed by atoms with van der Waals surface area (Å²) in [4.78, 5) is 10.5. The van der Waals surface area contributed by atoms with Crippen LogP contribution >= 0.6 is 0 Å². The molecule has 1 heterocycles. The van der Waals surface area contributed by atoms with E-state index in [-0.39, 0.29) is 12.5 Å². The number of hydrogen-bond donors (Lipinski definition) is 1. The number of aliphatic hydroxyl groups excluding tert-OH is 1. The summed E-state index contributed by atoms with van der Waals surface area (Å²) in [5.74, 6) is 1.95. The molecular formula is C11H14O3. The zero-order valence-electron chi connectivity index (χ0n) is 8.19. The van der Waals surface area contributed by atoms with E-state index in [0.717, 1.165) is 30.5 Å². The second-order valence-electron chi connectivity index (χ2n) is 4.03. The van der Waals surface area contributed by atoms with Crippen molar-refractivity contribution >= 4 is 6.29 Å². The highest BCUT2D eigenvalue weighted by atomic mass is 16.3. The van der Waals surface area contributed by atoms with Crippen molar-refractivity contribution in [1.82, 2.24) is 0 Å². The highest BCUT2D eigenvalue weighted by Gasteiger charge is 2.27. The Morgan fingerprint density at radius 1 is 1.71 bits per heavy atom. The third-order valence-electron chi connectivity index (χ3n) is 2.93. The van der Waals surface area contributed by atoms with E-state index in [2.05, 4.69) is 6.92 Å². The molecule has 1 aromatic heterocycles. The normalized spacial score (nSPS) is 25.9. The molecule has 2 atom stereocenters. The maximum absolute atomic E-state index is 10.5. The quantitative estimate of drug-likeness (QED) is 0.730. The molecule has 0 aliphatic heterocycles. The van der Waals surface area contributed by atoms with Gasteiger partial charge >= 0.3 is 0 Å². The van der Waals surface area contributed by atoms with Crippen LogP contribution in [0.2, 0.25) is 0 Å². The first-order valence-corrected chi connectivity index (χ1v) is 4.93. The Morgan fingerprint density at radius 3 is 3.14 bits per heavy atom. The number of carbonyl (C=O) groups is 1. The van der Waals surface area contributed by atoms with Crippen molar-refractivity contribution in [2.75, 3.05) is 6.61 Å². The van der Waals surface area contributed by atoms with E-state index in [1.807, 2.05) is 6.07 Å². The largest absolute Gasteiger partial charge is 0.458 e. The van der Waals surface area contributed by atoms with Gasteiger partial charge in [-0.05, 0) is 29.9 Å². The average molecular weight is 194 g/mol. The van der Waals surface area contributed by atoms with Crippen molar-refractivity contribution < 1.29 is 14.3 Å². The topological polar surface area (TPSA) is 50.4 Å². The van der Waals surface area contributed by atoms with Crippen LogP contribution in [0.25, 0.3) is 0 Å². The predicted molar refractivity (Wildman–Crippen MR) is 51.4 cm³/mol. The number of furan rings is 1. The lowest BCUT2D eigenvalue weighted by atomic mass is 9.82. The Bertz CT molecular complexity index is 340. The standard InChI is InChI=1S/C11H14O3/c1-7-2-8(5-12)3-11-10(7)4-9(6-13)14-11/h4,6-8,12H,2-3,5H2,1H3. The van der Waals surface area contributed by atoms with Crippen molar-refractivity contribution in [3.8, 4) is 0 Å². The lowest BCUT2D eigenvalue weighted by molar-refractivity contribution is 0.109. The summed E-state index contributed by atoms with van der Waals surface area (Å²) in [6, 6.07) is 1.82. The summed E-state index contributed by atoms with van der Waals surface area (Å²) in [7, 11) is 0. The van der Waals surface area contributed by atoms with Crippen molar-refractivity contribution in [3.63, 3.8) is 0 Å². The van der Waals surface area contributed by atoms with Crippen LogP contribution in [0, 0.1) is 5.92 Å². The monoisotopic (exact) mass is 194 g/mol. The summed E-state index contributed by atoms with van der Waals surface area (Å²) < 4.78 is 5.38.